The van der Waals surface area contributed by atoms with Gasteiger partial charge >= 0.3 is 10.4 Å². The SMILES string of the molecule is COc1cc2c(cc1OC)[C@@]13CCN4CC5=CCO[C@H]6CC(=O)N2[C@H]1[C@H]6[C@H]5C(OS(=O)(=O)O)[C@H]43. The zero-order valence-electron chi connectivity index (χ0n) is 18.8. The van der Waals surface area contributed by atoms with E-state index in [9.17, 15) is 17.8 Å². The molecular weight excluding hydrogens is 464 g/mol. The average Bonchev–Trinajstić information content (AvgIpc) is 3.24. The van der Waals surface area contributed by atoms with Gasteiger partial charge in [-0.1, -0.05) is 11.6 Å². The van der Waals surface area contributed by atoms with Crippen LogP contribution in [0, 0.1) is 11.8 Å². The van der Waals surface area contributed by atoms with Crippen LogP contribution in [0.2, 0.25) is 0 Å². The zero-order chi connectivity index (χ0) is 23.6. The third-order valence-corrected chi connectivity index (χ3v) is 9.49. The second-order valence-electron chi connectivity index (χ2n) is 10.1. The Kier molecular flexibility index (Phi) is 4.18. The van der Waals surface area contributed by atoms with Crippen molar-refractivity contribution in [3.63, 3.8) is 0 Å². The van der Waals surface area contributed by atoms with Gasteiger partial charge in [0.05, 0.1) is 51.1 Å². The molecule has 1 amide bonds. The van der Waals surface area contributed by atoms with E-state index in [4.69, 9.17) is 18.4 Å². The molecule has 34 heavy (non-hydrogen) atoms. The van der Waals surface area contributed by atoms with E-state index >= 15 is 0 Å². The molecule has 10 nitrogen and oxygen atoms in total. The van der Waals surface area contributed by atoms with Gasteiger partial charge in [0.25, 0.3) is 0 Å². The van der Waals surface area contributed by atoms with Crippen LogP contribution >= 0.6 is 0 Å². The molecule has 1 aromatic carbocycles. The third-order valence-electron chi connectivity index (χ3n) is 9.02. The number of rotatable bonds is 4. The van der Waals surface area contributed by atoms with Crippen LogP contribution in [-0.4, -0.2) is 82.0 Å². The van der Waals surface area contributed by atoms with Crippen LogP contribution in [0.3, 0.4) is 0 Å². The molecule has 1 aliphatic carbocycles. The first-order chi connectivity index (χ1) is 16.3. The number of methoxy groups -OCH3 is 2. The van der Waals surface area contributed by atoms with E-state index in [1.807, 2.05) is 23.1 Å². The number of piperidine rings is 2. The number of benzene rings is 1. The highest BCUT2D eigenvalue weighted by Gasteiger charge is 2.74. The predicted octanol–water partition coefficient (Wildman–Crippen LogP) is 0.908. The lowest BCUT2D eigenvalue weighted by atomic mass is 9.52. The van der Waals surface area contributed by atoms with Gasteiger partial charge in [-0.15, -0.1) is 0 Å². The molecule has 7 rings (SSSR count). The van der Waals surface area contributed by atoms with E-state index in [-0.39, 0.29) is 42.4 Å². The van der Waals surface area contributed by atoms with Crippen LogP contribution in [-0.2, 0) is 29.5 Å². The summed E-state index contributed by atoms with van der Waals surface area (Å²) in [7, 11) is -1.57. The maximum atomic E-state index is 13.6. The summed E-state index contributed by atoms with van der Waals surface area (Å²) >= 11 is 0. The van der Waals surface area contributed by atoms with Gasteiger partial charge in [-0.3, -0.25) is 14.2 Å². The van der Waals surface area contributed by atoms with Crippen molar-refractivity contribution in [3.05, 3.63) is 29.3 Å². The summed E-state index contributed by atoms with van der Waals surface area (Å²) in [6.45, 7) is 1.79. The molecule has 3 saturated heterocycles. The number of hydrogen-bond acceptors (Lipinski definition) is 8. The molecular formula is C23H26N2O8S. The van der Waals surface area contributed by atoms with Crippen LogP contribution < -0.4 is 14.4 Å². The van der Waals surface area contributed by atoms with E-state index in [1.165, 1.54) is 0 Å². The molecule has 182 valence electrons. The summed E-state index contributed by atoms with van der Waals surface area (Å²) in [4.78, 5) is 17.8. The van der Waals surface area contributed by atoms with Crippen LogP contribution in [0.1, 0.15) is 18.4 Å². The molecule has 4 fully saturated rings. The van der Waals surface area contributed by atoms with Crippen molar-refractivity contribution < 1.29 is 36.2 Å². The molecule has 7 atom stereocenters. The molecule has 1 unspecified atom stereocenters. The number of anilines is 1. The van der Waals surface area contributed by atoms with Gasteiger partial charge in [-0.2, -0.15) is 8.42 Å². The fraction of sp³-hybridized carbons (Fsp3) is 0.609. The summed E-state index contributed by atoms with van der Waals surface area (Å²) in [5.41, 5.74) is 2.20. The van der Waals surface area contributed by atoms with Gasteiger partial charge in [-0.05, 0) is 24.6 Å². The molecule has 5 heterocycles. The number of hydrogen-bond donors (Lipinski definition) is 1. The third kappa shape index (κ3) is 2.44. The summed E-state index contributed by atoms with van der Waals surface area (Å²) < 4.78 is 56.8. The smallest absolute Gasteiger partial charge is 0.397 e. The first kappa shape index (κ1) is 21.1. The van der Waals surface area contributed by atoms with Gasteiger partial charge in [0.2, 0.25) is 5.91 Å². The van der Waals surface area contributed by atoms with Crippen molar-refractivity contribution in [1.29, 1.82) is 0 Å². The lowest BCUT2D eigenvalue weighted by molar-refractivity contribution is -0.140. The lowest BCUT2D eigenvalue weighted by Crippen LogP contribution is -2.74. The fourth-order valence-corrected chi connectivity index (χ4v) is 8.68. The van der Waals surface area contributed by atoms with E-state index in [1.54, 1.807) is 14.2 Å². The Morgan fingerprint density at radius 3 is 2.68 bits per heavy atom. The Hall–Kier alpha value is -2.18. The molecule has 1 spiro atoms. The maximum Gasteiger partial charge on any atom is 0.397 e. The van der Waals surface area contributed by atoms with Crippen molar-refractivity contribution in [2.24, 2.45) is 11.8 Å². The monoisotopic (exact) mass is 490 g/mol. The van der Waals surface area contributed by atoms with Gasteiger partial charge in [0, 0.05) is 29.9 Å². The minimum Gasteiger partial charge on any atom is -0.493 e. The summed E-state index contributed by atoms with van der Waals surface area (Å²) in [6, 6.07) is 3.25. The van der Waals surface area contributed by atoms with E-state index in [2.05, 4.69) is 4.90 Å². The molecule has 11 heteroatoms. The summed E-state index contributed by atoms with van der Waals surface area (Å²) in [5.74, 6) is 0.638. The van der Waals surface area contributed by atoms with Crippen LogP contribution in [0.15, 0.2) is 23.8 Å². The van der Waals surface area contributed by atoms with Crippen molar-refractivity contribution in [3.8, 4) is 11.5 Å². The Labute approximate surface area is 197 Å². The summed E-state index contributed by atoms with van der Waals surface area (Å²) in [6.07, 6.45) is 1.80. The minimum atomic E-state index is -4.70. The second-order valence-corrected chi connectivity index (χ2v) is 11.1. The first-order valence-corrected chi connectivity index (χ1v) is 12.9. The molecule has 5 aliphatic heterocycles. The van der Waals surface area contributed by atoms with Crippen molar-refractivity contribution in [2.45, 2.75) is 42.5 Å². The molecule has 6 aliphatic rings. The molecule has 1 N–H and O–H groups in total. The minimum absolute atomic E-state index is 0.00860. The van der Waals surface area contributed by atoms with Crippen molar-refractivity contribution >= 4 is 22.0 Å². The predicted molar refractivity (Wildman–Crippen MR) is 118 cm³/mol. The number of nitrogens with zero attached hydrogens (tertiary/aromatic N) is 2. The van der Waals surface area contributed by atoms with E-state index in [0.717, 1.165) is 29.8 Å². The van der Waals surface area contributed by atoms with Crippen molar-refractivity contribution in [2.75, 3.05) is 38.8 Å². The van der Waals surface area contributed by atoms with Crippen LogP contribution in [0.25, 0.3) is 0 Å². The Morgan fingerprint density at radius 2 is 1.94 bits per heavy atom. The number of ether oxygens (including phenoxy) is 3. The lowest BCUT2D eigenvalue weighted by Gasteiger charge is -2.61. The average molecular weight is 491 g/mol. The van der Waals surface area contributed by atoms with Crippen molar-refractivity contribution in [1.82, 2.24) is 4.90 Å². The van der Waals surface area contributed by atoms with Gasteiger partial charge in [0.15, 0.2) is 11.5 Å². The van der Waals surface area contributed by atoms with Crippen LogP contribution in [0.5, 0.6) is 11.5 Å². The molecule has 2 bridgehead atoms. The normalized spacial score (nSPS) is 39.4. The fourth-order valence-electron chi connectivity index (χ4n) is 8.17. The quantitative estimate of drug-likeness (QED) is 0.486. The molecule has 1 saturated carbocycles. The standard InChI is InChI=1S/C23H26N2O8S/c1-30-14-7-12-13(8-15(14)31-2)25-17(26)9-16-19-18-11(3-6-32-16)10-24-5-4-23(12,21(19)25)22(24)20(18)33-34(27,28)29/h3,7-8,16,18-22H,4-6,9-10H2,1-2H3,(H,27,28,29)/t16-,18-,19+,20?,21-,22-,23-/m0/s1. The number of carbonyl (C=O) groups excluding carboxylic acids is 1. The molecule has 0 radical (unpaired) electrons. The maximum absolute atomic E-state index is 13.6. The largest absolute Gasteiger partial charge is 0.493 e. The van der Waals surface area contributed by atoms with Gasteiger partial charge < -0.3 is 19.1 Å². The summed E-state index contributed by atoms with van der Waals surface area (Å²) in [5, 5.41) is 0. The Bertz CT molecular complexity index is 1250. The van der Waals surface area contributed by atoms with Gasteiger partial charge in [-0.25, -0.2) is 4.18 Å². The van der Waals surface area contributed by atoms with Crippen LogP contribution in [0.4, 0.5) is 5.69 Å². The van der Waals surface area contributed by atoms with E-state index < -0.39 is 21.9 Å². The Balaban J connectivity index is 1.53. The van der Waals surface area contributed by atoms with E-state index in [0.29, 0.717) is 24.7 Å². The highest BCUT2D eigenvalue weighted by Crippen LogP contribution is 2.67. The number of amides is 1. The zero-order valence-corrected chi connectivity index (χ0v) is 19.7. The van der Waals surface area contributed by atoms with Gasteiger partial charge in [0.1, 0.15) is 6.10 Å². The highest BCUT2D eigenvalue weighted by molar-refractivity contribution is 7.80. The highest BCUT2D eigenvalue weighted by atomic mass is 32.3. The Morgan fingerprint density at radius 1 is 1.18 bits per heavy atom. The second kappa shape index (κ2) is 6.73. The molecule has 1 aromatic rings. The number of fused-ring (bicyclic) bond motifs is 2. The first-order valence-electron chi connectivity index (χ1n) is 11.6. The molecule has 0 aromatic heterocycles. The number of carbonyl (C=O) groups is 1. The topological polar surface area (TPSA) is 115 Å².